The van der Waals surface area contributed by atoms with Crippen molar-refractivity contribution in [1.29, 1.82) is 0 Å². The van der Waals surface area contributed by atoms with Gasteiger partial charge in [0.2, 0.25) is 5.95 Å². The van der Waals surface area contributed by atoms with Gasteiger partial charge in [0.05, 0.1) is 33.5 Å². The lowest BCUT2D eigenvalue weighted by Gasteiger charge is -2.12. The Balaban J connectivity index is 1.31. The largest absolute Gasteiger partial charge is 0.316 e. The fourth-order valence-corrected chi connectivity index (χ4v) is 6.42. The summed E-state index contributed by atoms with van der Waals surface area (Å²) in [5.74, 6) is 0.649. The number of nitrogens with zero attached hydrogens (tertiary/aromatic N) is 5. The summed E-state index contributed by atoms with van der Waals surface area (Å²) in [7, 11) is 0. The zero-order valence-corrected chi connectivity index (χ0v) is 23.7. The molecule has 0 unspecified atom stereocenters. The summed E-state index contributed by atoms with van der Waals surface area (Å²) in [4.78, 5) is 15.0. The highest BCUT2D eigenvalue weighted by molar-refractivity contribution is 6.20. The average Bonchev–Trinajstić information content (AvgIpc) is 3.68. The van der Waals surface area contributed by atoms with Gasteiger partial charge < -0.3 is 4.57 Å². The molecule has 0 radical (unpaired) electrons. The second-order valence-corrected chi connectivity index (χ2v) is 11.0. The molecule has 4 heterocycles. The molecule has 0 aliphatic carbocycles. The smallest absolute Gasteiger partial charge is 0.235 e. The lowest BCUT2D eigenvalue weighted by molar-refractivity contribution is 1.01. The second-order valence-electron chi connectivity index (χ2n) is 11.0. The summed E-state index contributed by atoms with van der Waals surface area (Å²) in [6.45, 7) is 0. The first kappa shape index (κ1) is 24.5. The highest BCUT2D eigenvalue weighted by atomic mass is 15.2. The maximum Gasteiger partial charge on any atom is 0.235 e. The van der Waals surface area contributed by atoms with Gasteiger partial charge in [0.25, 0.3) is 0 Å². The monoisotopic (exact) mass is 563 g/mol. The van der Waals surface area contributed by atoms with E-state index >= 15 is 0 Å². The van der Waals surface area contributed by atoms with Crippen molar-refractivity contribution >= 4 is 43.6 Å². The molecule has 0 N–H and O–H groups in total. The Morgan fingerprint density at radius 3 is 2.11 bits per heavy atom. The molecule has 0 atom stereocenters. The van der Waals surface area contributed by atoms with Crippen molar-refractivity contribution in [2.24, 2.45) is 0 Å². The zero-order chi connectivity index (χ0) is 29.0. The van der Waals surface area contributed by atoms with Crippen LogP contribution in [0, 0.1) is 0 Å². The summed E-state index contributed by atoms with van der Waals surface area (Å²) >= 11 is 0. The van der Waals surface area contributed by atoms with Gasteiger partial charge >= 0.3 is 0 Å². The van der Waals surface area contributed by atoms with E-state index in [0.29, 0.717) is 5.95 Å². The van der Waals surface area contributed by atoms with Crippen LogP contribution < -0.4 is 0 Å². The molecule has 4 aromatic heterocycles. The van der Waals surface area contributed by atoms with Crippen molar-refractivity contribution in [2.45, 2.75) is 0 Å². The Morgan fingerprint density at radius 1 is 0.523 bits per heavy atom. The first-order valence-electron chi connectivity index (χ1n) is 14.7. The number of hydrogen-bond donors (Lipinski definition) is 0. The maximum absolute atomic E-state index is 5.29. The molecule has 0 aliphatic heterocycles. The van der Waals surface area contributed by atoms with Gasteiger partial charge in [0, 0.05) is 50.8 Å². The number of rotatable bonds is 4. The van der Waals surface area contributed by atoms with Crippen molar-refractivity contribution in [3.63, 3.8) is 0 Å². The molecule has 0 spiro atoms. The van der Waals surface area contributed by atoms with Crippen molar-refractivity contribution in [1.82, 2.24) is 24.1 Å². The third-order valence-corrected chi connectivity index (χ3v) is 8.43. The fourth-order valence-electron chi connectivity index (χ4n) is 6.42. The molecule has 0 saturated carbocycles. The van der Waals surface area contributed by atoms with E-state index in [4.69, 9.17) is 9.97 Å². The Bertz CT molecular complexity index is 2470. The lowest BCUT2D eigenvalue weighted by Crippen LogP contribution is -2.03. The first-order chi connectivity index (χ1) is 21.8. The van der Waals surface area contributed by atoms with Gasteiger partial charge in [-0.1, -0.05) is 91.0 Å². The molecule has 0 saturated heterocycles. The highest BCUT2D eigenvalue weighted by Crippen LogP contribution is 2.38. The van der Waals surface area contributed by atoms with E-state index in [2.05, 4.69) is 130 Å². The molecule has 9 aromatic rings. The van der Waals surface area contributed by atoms with E-state index in [1.54, 1.807) is 0 Å². The van der Waals surface area contributed by atoms with Crippen LogP contribution in [-0.2, 0) is 0 Å². The van der Waals surface area contributed by atoms with Gasteiger partial charge in [-0.3, -0.25) is 9.55 Å². The molecule has 5 nitrogen and oxygen atoms in total. The molecular formula is C39H25N5. The van der Waals surface area contributed by atoms with Crippen LogP contribution in [0.1, 0.15) is 0 Å². The molecule has 0 bridgehead atoms. The van der Waals surface area contributed by atoms with Crippen LogP contribution in [0.15, 0.2) is 152 Å². The van der Waals surface area contributed by atoms with Crippen molar-refractivity contribution < 1.29 is 0 Å². The molecule has 44 heavy (non-hydrogen) atoms. The number of para-hydroxylation sites is 3. The molecule has 5 aromatic carbocycles. The van der Waals surface area contributed by atoms with E-state index in [-0.39, 0.29) is 0 Å². The Hall–Kier alpha value is -6.07. The van der Waals surface area contributed by atoms with Crippen LogP contribution in [0.4, 0.5) is 0 Å². The van der Waals surface area contributed by atoms with Crippen molar-refractivity contribution in [3.05, 3.63) is 152 Å². The minimum Gasteiger partial charge on any atom is -0.316 e. The standard InChI is InChI=1S/C39H25N5/c1-2-10-29(11-3-1)43-25-23-28-21-22-35-36(38(28)43)31-13-5-7-16-34(31)44(35)39-41-33-15-6-4-12-30(33)37(42-39)27-19-17-26(18-20-27)32-14-8-9-24-40-32/h1-25H. The third kappa shape index (κ3) is 3.76. The molecule has 5 heteroatoms. The van der Waals surface area contributed by atoms with E-state index in [9.17, 15) is 0 Å². The molecular weight excluding hydrogens is 538 g/mol. The minimum atomic E-state index is 0.649. The first-order valence-corrected chi connectivity index (χ1v) is 14.7. The van der Waals surface area contributed by atoms with Crippen LogP contribution in [0.3, 0.4) is 0 Å². The van der Waals surface area contributed by atoms with Gasteiger partial charge in [-0.2, -0.15) is 0 Å². The second kappa shape index (κ2) is 9.75. The zero-order valence-electron chi connectivity index (χ0n) is 23.7. The van der Waals surface area contributed by atoms with Gasteiger partial charge in [-0.05, 0) is 48.5 Å². The summed E-state index contributed by atoms with van der Waals surface area (Å²) < 4.78 is 4.49. The lowest BCUT2D eigenvalue weighted by atomic mass is 10.0. The van der Waals surface area contributed by atoms with E-state index in [0.717, 1.165) is 50.1 Å². The predicted molar refractivity (Wildman–Crippen MR) is 179 cm³/mol. The number of fused-ring (bicyclic) bond motifs is 6. The van der Waals surface area contributed by atoms with Crippen LogP contribution in [0.2, 0.25) is 0 Å². The maximum atomic E-state index is 5.29. The number of hydrogen-bond acceptors (Lipinski definition) is 3. The van der Waals surface area contributed by atoms with E-state index < -0.39 is 0 Å². The minimum absolute atomic E-state index is 0.649. The van der Waals surface area contributed by atoms with E-state index in [1.165, 1.54) is 21.7 Å². The number of aromatic nitrogens is 5. The normalized spacial score (nSPS) is 11.6. The summed E-state index contributed by atoms with van der Waals surface area (Å²) in [5, 5.41) is 4.56. The molecule has 0 fully saturated rings. The Labute approximate surface area is 253 Å². The highest BCUT2D eigenvalue weighted by Gasteiger charge is 2.20. The third-order valence-electron chi connectivity index (χ3n) is 8.43. The fraction of sp³-hybridized carbons (Fsp3) is 0. The van der Waals surface area contributed by atoms with E-state index in [1.807, 2.05) is 36.5 Å². The van der Waals surface area contributed by atoms with Gasteiger partial charge in [0.1, 0.15) is 0 Å². The van der Waals surface area contributed by atoms with Crippen molar-refractivity contribution in [3.8, 4) is 34.2 Å². The average molecular weight is 564 g/mol. The molecule has 9 rings (SSSR count). The quantitative estimate of drug-likeness (QED) is 0.214. The number of pyridine rings is 1. The number of benzene rings is 5. The van der Waals surface area contributed by atoms with Crippen LogP contribution in [-0.4, -0.2) is 24.1 Å². The Morgan fingerprint density at radius 2 is 1.27 bits per heavy atom. The molecule has 206 valence electrons. The van der Waals surface area contributed by atoms with Crippen LogP contribution in [0.5, 0.6) is 0 Å². The topological polar surface area (TPSA) is 48.5 Å². The summed E-state index contributed by atoms with van der Waals surface area (Å²) in [6, 6.07) is 48.4. The summed E-state index contributed by atoms with van der Waals surface area (Å²) in [6.07, 6.45) is 3.98. The van der Waals surface area contributed by atoms with Crippen LogP contribution >= 0.6 is 0 Å². The predicted octanol–water partition coefficient (Wildman–Crippen LogP) is 9.40. The van der Waals surface area contributed by atoms with Crippen molar-refractivity contribution in [2.75, 3.05) is 0 Å². The summed E-state index contributed by atoms with van der Waals surface area (Å²) in [5.41, 5.74) is 9.30. The van der Waals surface area contributed by atoms with Gasteiger partial charge in [0.15, 0.2) is 0 Å². The Kier molecular flexibility index (Phi) is 5.43. The van der Waals surface area contributed by atoms with Gasteiger partial charge in [-0.15, -0.1) is 0 Å². The van der Waals surface area contributed by atoms with Gasteiger partial charge in [-0.25, -0.2) is 9.97 Å². The SMILES string of the molecule is c1ccc(-n2ccc3ccc4c(c5ccccc5n4-c4nc(-c5ccc(-c6ccccn6)cc5)c5ccccc5n4)c32)cc1. The molecule has 0 amide bonds. The molecule has 0 aliphatic rings. The van der Waals surface area contributed by atoms with Crippen LogP contribution in [0.25, 0.3) is 77.8 Å².